The summed E-state index contributed by atoms with van der Waals surface area (Å²) in [5.74, 6) is 0.806. The van der Waals surface area contributed by atoms with Crippen molar-refractivity contribution in [2.24, 2.45) is 5.92 Å². The molecule has 1 N–H and O–H groups in total. The van der Waals surface area contributed by atoms with Crippen molar-refractivity contribution >= 4 is 33.9 Å². The topological polar surface area (TPSA) is 28.2 Å². The van der Waals surface area contributed by atoms with Gasteiger partial charge in [0.15, 0.2) is 0 Å². The number of aromatic nitrogens is 1. The average Bonchev–Trinajstić information content (AvgIpc) is 2.75. The zero-order chi connectivity index (χ0) is 13.0. The van der Waals surface area contributed by atoms with E-state index in [9.17, 15) is 0 Å². The lowest BCUT2D eigenvalue weighted by molar-refractivity contribution is 0.164. The van der Waals surface area contributed by atoms with Crippen molar-refractivity contribution in [3.8, 4) is 0 Å². The monoisotopic (exact) mass is 379 g/mol. The van der Waals surface area contributed by atoms with E-state index in [1.54, 1.807) is 0 Å². The Hall–Kier alpha value is 0.280. The average molecular weight is 379 g/mol. The molecule has 2 rings (SSSR count). The highest BCUT2D eigenvalue weighted by atomic mass is 127. The van der Waals surface area contributed by atoms with Crippen LogP contribution in [-0.4, -0.2) is 35.6 Å². The molecule has 1 aliphatic heterocycles. The van der Waals surface area contributed by atoms with Crippen molar-refractivity contribution < 1.29 is 0 Å². The predicted molar refractivity (Wildman–Crippen MR) is 86.0 cm³/mol. The van der Waals surface area contributed by atoms with Crippen LogP contribution in [0.5, 0.6) is 0 Å². The molecule has 1 aromatic heterocycles. The van der Waals surface area contributed by atoms with Gasteiger partial charge in [-0.2, -0.15) is 0 Å². The van der Waals surface area contributed by atoms with Crippen molar-refractivity contribution in [1.29, 1.82) is 0 Å². The Balaban J connectivity index is 1.90. The van der Waals surface area contributed by atoms with E-state index < -0.39 is 0 Å². The summed E-state index contributed by atoms with van der Waals surface area (Å²) in [4.78, 5) is 7.05. The molecule has 1 fully saturated rings. The van der Waals surface area contributed by atoms with Gasteiger partial charge in [-0.15, -0.1) is 11.3 Å². The highest BCUT2D eigenvalue weighted by Crippen LogP contribution is 2.20. The minimum Gasteiger partial charge on any atom is -0.316 e. The van der Waals surface area contributed by atoms with Gasteiger partial charge in [-0.05, 0) is 68.3 Å². The quantitative estimate of drug-likeness (QED) is 0.798. The van der Waals surface area contributed by atoms with Gasteiger partial charge in [0, 0.05) is 12.6 Å². The van der Waals surface area contributed by atoms with Gasteiger partial charge in [-0.1, -0.05) is 0 Å². The van der Waals surface area contributed by atoms with E-state index in [2.05, 4.69) is 51.6 Å². The largest absolute Gasteiger partial charge is 0.316 e. The second-order valence-electron chi connectivity index (χ2n) is 5.29. The first-order valence-electron chi connectivity index (χ1n) is 6.70. The summed E-state index contributed by atoms with van der Waals surface area (Å²) < 4.78 is 1.28. The minimum atomic E-state index is 0.591. The molecule has 0 amide bonds. The Morgan fingerprint density at radius 2 is 2.44 bits per heavy atom. The lowest BCUT2D eigenvalue weighted by Crippen LogP contribution is -2.40. The molecule has 0 aromatic carbocycles. The van der Waals surface area contributed by atoms with E-state index in [1.807, 2.05) is 17.5 Å². The first-order valence-corrected chi connectivity index (χ1v) is 8.59. The first kappa shape index (κ1) is 14.7. The highest BCUT2D eigenvalue weighted by molar-refractivity contribution is 14.1. The van der Waals surface area contributed by atoms with E-state index >= 15 is 0 Å². The van der Waals surface area contributed by atoms with E-state index in [4.69, 9.17) is 0 Å². The van der Waals surface area contributed by atoms with Gasteiger partial charge < -0.3 is 5.32 Å². The van der Waals surface area contributed by atoms with Gasteiger partial charge in [0.05, 0.1) is 15.6 Å². The standard InChI is InChI=1S/C13H22IN3S/c1-10(2)17(8-11-4-3-5-15-6-11)9-13-16-7-12(14)18-13/h7,10-11,15H,3-6,8-9H2,1-2H3. The number of piperidine rings is 1. The summed E-state index contributed by atoms with van der Waals surface area (Å²) >= 11 is 4.16. The highest BCUT2D eigenvalue weighted by Gasteiger charge is 2.19. The molecule has 0 radical (unpaired) electrons. The number of thiazole rings is 1. The summed E-state index contributed by atoms with van der Waals surface area (Å²) in [5.41, 5.74) is 0. The lowest BCUT2D eigenvalue weighted by Gasteiger charge is -2.32. The molecule has 1 saturated heterocycles. The van der Waals surface area contributed by atoms with Crippen LogP contribution in [0.1, 0.15) is 31.7 Å². The molecule has 1 atom stereocenters. The maximum absolute atomic E-state index is 4.48. The Morgan fingerprint density at radius 3 is 3.00 bits per heavy atom. The third-order valence-corrected chi connectivity index (χ3v) is 5.20. The fourth-order valence-corrected chi connectivity index (χ4v) is 3.97. The van der Waals surface area contributed by atoms with Crippen LogP contribution in [0.15, 0.2) is 6.20 Å². The summed E-state index contributed by atoms with van der Waals surface area (Å²) in [6.45, 7) is 9.15. The first-order chi connectivity index (χ1) is 8.65. The normalized spacial score (nSPS) is 20.8. The van der Waals surface area contributed by atoms with Crippen LogP contribution in [0.4, 0.5) is 0 Å². The van der Waals surface area contributed by atoms with E-state index in [-0.39, 0.29) is 0 Å². The smallest absolute Gasteiger partial charge is 0.108 e. The van der Waals surface area contributed by atoms with Crippen LogP contribution in [0, 0.1) is 8.80 Å². The van der Waals surface area contributed by atoms with Gasteiger partial charge in [-0.3, -0.25) is 4.90 Å². The van der Waals surface area contributed by atoms with Crippen LogP contribution in [0.3, 0.4) is 0 Å². The van der Waals surface area contributed by atoms with Gasteiger partial charge >= 0.3 is 0 Å². The Morgan fingerprint density at radius 1 is 1.61 bits per heavy atom. The third-order valence-electron chi connectivity index (χ3n) is 3.49. The van der Waals surface area contributed by atoms with Crippen LogP contribution in [0.25, 0.3) is 0 Å². The van der Waals surface area contributed by atoms with Crippen LogP contribution in [0.2, 0.25) is 0 Å². The Bertz CT molecular complexity index is 361. The Labute approximate surface area is 128 Å². The maximum Gasteiger partial charge on any atom is 0.108 e. The number of hydrogen-bond donors (Lipinski definition) is 1. The Kier molecular flexibility index (Phi) is 5.85. The van der Waals surface area contributed by atoms with Gasteiger partial charge in [-0.25, -0.2) is 4.98 Å². The molecule has 0 bridgehead atoms. The molecule has 0 aliphatic carbocycles. The second-order valence-corrected chi connectivity index (χ2v) is 8.30. The molecule has 0 saturated carbocycles. The van der Waals surface area contributed by atoms with Crippen LogP contribution in [-0.2, 0) is 6.54 Å². The van der Waals surface area contributed by atoms with Gasteiger partial charge in [0.1, 0.15) is 5.01 Å². The summed E-state index contributed by atoms with van der Waals surface area (Å²) in [7, 11) is 0. The summed E-state index contributed by atoms with van der Waals surface area (Å²) in [5, 5.41) is 4.75. The lowest BCUT2D eigenvalue weighted by atomic mass is 9.98. The fraction of sp³-hybridized carbons (Fsp3) is 0.769. The van der Waals surface area contributed by atoms with Crippen molar-refractivity contribution in [2.45, 2.75) is 39.3 Å². The molecular formula is C13H22IN3S. The van der Waals surface area contributed by atoms with Crippen molar-refractivity contribution in [3.05, 3.63) is 14.1 Å². The number of hydrogen-bond acceptors (Lipinski definition) is 4. The third kappa shape index (κ3) is 4.43. The molecule has 18 heavy (non-hydrogen) atoms. The molecular weight excluding hydrogens is 357 g/mol. The van der Waals surface area contributed by atoms with Crippen molar-refractivity contribution in [2.75, 3.05) is 19.6 Å². The summed E-state index contributed by atoms with van der Waals surface area (Å²) in [6, 6.07) is 0.591. The molecule has 1 aliphatic rings. The van der Waals surface area contributed by atoms with Gasteiger partial charge in [0.25, 0.3) is 0 Å². The summed E-state index contributed by atoms with van der Waals surface area (Å²) in [6.07, 6.45) is 4.67. The predicted octanol–water partition coefficient (Wildman–Crippen LogP) is 2.96. The van der Waals surface area contributed by atoms with Crippen molar-refractivity contribution in [1.82, 2.24) is 15.2 Å². The zero-order valence-electron chi connectivity index (χ0n) is 11.2. The number of halogens is 1. The molecule has 5 heteroatoms. The molecule has 0 spiro atoms. The SMILES string of the molecule is CC(C)N(Cc1ncc(I)s1)CC1CCCNC1. The minimum absolute atomic E-state index is 0.591. The number of rotatable bonds is 5. The van der Waals surface area contributed by atoms with E-state index in [1.165, 1.54) is 40.4 Å². The maximum atomic E-state index is 4.48. The molecule has 1 aromatic rings. The van der Waals surface area contributed by atoms with Crippen molar-refractivity contribution in [3.63, 3.8) is 0 Å². The number of nitrogens with zero attached hydrogens (tertiary/aromatic N) is 2. The fourth-order valence-electron chi connectivity index (χ4n) is 2.40. The molecule has 102 valence electrons. The molecule has 1 unspecified atom stereocenters. The van der Waals surface area contributed by atoms with Crippen LogP contribution < -0.4 is 5.32 Å². The van der Waals surface area contributed by atoms with Crippen LogP contribution >= 0.6 is 33.9 Å². The second kappa shape index (κ2) is 7.17. The number of nitrogens with one attached hydrogen (secondary N) is 1. The van der Waals surface area contributed by atoms with Gasteiger partial charge in [0.2, 0.25) is 0 Å². The van der Waals surface area contributed by atoms with E-state index in [0.717, 1.165) is 12.5 Å². The van der Waals surface area contributed by atoms with E-state index in [0.29, 0.717) is 6.04 Å². The zero-order valence-corrected chi connectivity index (χ0v) is 14.1. The molecule has 2 heterocycles. The molecule has 3 nitrogen and oxygen atoms in total.